The highest BCUT2D eigenvalue weighted by Gasteiger charge is 2.29. The van der Waals surface area contributed by atoms with E-state index >= 15 is 0 Å². The average molecular weight is 339 g/mol. The first kappa shape index (κ1) is 16.3. The van der Waals surface area contributed by atoms with Gasteiger partial charge in [0.15, 0.2) is 0 Å². The molecule has 2 fully saturated rings. The van der Waals surface area contributed by atoms with Crippen molar-refractivity contribution >= 4 is 5.91 Å². The minimum absolute atomic E-state index is 0.321. The second-order valence-corrected chi connectivity index (χ2v) is 7.04. The largest absolute Gasteiger partial charge is 0.341 e. The Bertz CT molecular complexity index is 714. The van der Waals surface area contributed by atoms with Crippen LogP contribution in [0, 0.1) is 0 Å². The van der Waals surface area contributed by atoms with Gasteiger partial charge in [-0.1, -0.05) is 29.8 Å². The van der Waals surface area contributed by atoms with E-state index in [1.807, 2.05) is 29.1 Å². The number of rotatable bonds is 5. The van der Waals surface area contributed by atoms with Crippen LogP contribution in [0.4, 0.5) is 0 Å². The molecule has 2 aliphatic heterocycles. The molecule has 0 N–H and O–H groups in total. The summed E-state index contributed by atoms with van der Waals surface area (Å²) >= 11 is 0. The number of hydrogen-bond donors (Lipinski definition) is 0. The number of carbonyl (C=O) groups excluding carboxylic acids is 1. The van der Waals surface area contributed by atoms with Gasteiger partial charge in [0.2, 0.25) is 5.91 Å². The van der Waals surface area contributed by atoms with Gasteiger partial charge < -0.3 is 4.90 Å². The second-order valence-electron chi connectivity index (χ2n) is 7.04. The Morgan fingerprint density at radius 2 is 1.96 bits per heavy atom. The quantitative estimate of drug-likeness (QED) is 0.838. The van der Waals surface area contributed by atoms with E-state index in [4.69, 9.17) is 0 Å². The first-order valence-electron chi connectivity index (χ1n) is 9.28. The molecule has 1 atom stereocenters. The van der Waals surface area contributed by atoms with E-state index in [9.17, 15) is 4.79 Å². The number of amides is 1. The molecule has 1 amide bonds. The van der Waals surface area contributed by atoms with Gasteiger partial charge in [-0.05, 0) is 37.9 Å². The predicted octanol–water partition coefficient (Wildman–Crippen LogP) is 2.24. The van der Waals surface area contributed by atoms with Gasteiger partial charge in [-0.2, -0.15) is 0 Å². The number of hydrogen-bond acceptors (Lipinski definition) is 4. The second kappa shape index (κ2) is 7.35. The van der Waals surface area contributed by atoms with Crippen molar-refractivity contribution < 1.29 is 4.79 Å². The number of piperidine rings is 1. The molecule has 1 aromatic carbocycles. The fourth-order valence-electron chi connectivity index (χ4n) is 3.99. The lowest BCUT2D eigenvalue weighted by Gasteiger charge is -2.37. The molecule has 6 nitrogen and oxygen atoms in total. The van der Waals surface area contributed by atoms with Crippen molar-refractivity contribution in [1.82, 2.24) is 24.8 Å². The SMILES string of the molecule is O=C1CCCN1CC1CCCCN1Cc1cnnn1-c1ccccc1. The molecule has 1 aromatic heterocycles. The van der Waals surface area contributed by atoms with Crippen LogP contribution in [0.2, 0.25) is 0 Å². The highest BCUT2D eigenvalue weighted by atomic mass is 16.2. The molecule has 25 heavy (non-hydrogen) atoms. The van der Waals surface area contributed by atoms with Crippen LogP contribution >= 0.6 is 0 Å². The molecule has 2 aromatic rings. The fraction of sp³-hybridized carbons (Fsp3) is 0.526. The molecule has 3 heterocycles. The van der Waals surface area contributed by atoms with E-state index in [1.54, 1.807) is 0 Å². The maximum absolute atomic E-state index is 12.0. The summed E-state index contributed by atoms with van der Waals surface area (Å²) in [6, 6.07) is 10.6. The van der Waals surface area contributed by atoms with Crippen LogP contribution < -0.4 is 0 Å². The zero-order valence-electron chi connectivity index (χ0n) is 14.5. The summed E-state index contributed by atoms with van der Waals surface area (Å²) in [5.74, 6) is 0.321. The topological polar surface area (TPSA) is 54.3 Å². The standard InChI is InChI=1S/C19H25N5O/c25-19-10-6-12-23(19)14-17-9-4-5-11-22(17)15-18-13-20-21-24(18)16-7-2-1-3-8-16/h1-3,7-8,13,17H,4-6,9-12,14-15H2. The Kier molecular flexibility index (Phi) is 4.78. The number of benzene rings is 1. The van der Waals surface area contributed by atoms with Crippen molar-refractivity contribution in [2.75, 3.05) is 19.6 Å². The van der Waals surface area contributed by atoms with Crippen LogP contribution in [0.1, 0.15) is 37.8 Å². The van der Waals surface area contributed by atoms with E-state index < -0.39 is 0 Å². The van der Waals surface area contributed by atoms with Crippen LogP contribution in [0.25, 0.3) is 5.69 Å². The van der Waals surface area contributed by atoms with Crippen molar-refractivity contribution in [2.45, 2.75) is 44.7 Å². The zero-order valence-corrected chi connectivity index (χ0v) is 14.5. The number of para-hydroxylation sites is 1. The van der Waals surface area contributed by atoms with Crippen molar-refractivity contribution in [3.05, 3.63) is 42.2 Å². The number of nitrogens with zero attached hydrogens (tertiary/aromatic N) is 5. The Labute approximate surface area is 148 Å². The molecule has 0 saturated carbocycles. The molecule has 2 aliphatic rings. The molecule has 0 spiro atoms. The van der Waals surface area contributed by atoms with Gasteiger partial charge >= 0.3 is 0 Å². The van der Waals surface area contributed by atoms with E-state index in [2.05, 4.69) is 32.2 Å². The molecule has 1 unspecified atom stereocenters. The minimum atomic E-state index is 0.321. The Hall–Kier alpha value is -2.21. The fourth-order valence-corrected chi connectivity index (χ4v) is 3.99. The number of likely N-dealkylation sites (tertiary alicyclic amines) is 2. The Morgan fingerprint density at radius 3 is 2.76 bits per heavy atom. The first-order valence-corrected chi connectivity index (χ1v) is 9.28. The summed E-state index contributed by atoms with van der Waals surface area (Å²) in [7, 11) is 0. The Morgan fingerprint density at radius 1 is 1.08 bits per heavy atom. The van der Waals surface area contributed by atoms with Crippen molar-refractivity contribution in [3.63, 3.8) is 0 Å². The third-order valence-corrected chi connectivity index (χ3v) is 5.34. The first-order chi connectivity index (χ1) is 12.3. The molecule has 0 radical (unpaired) electrons. The van der Waals surface area contributed by atoms with Gasteiger partial charge in [0.25, 0.3) is 0 Å². The third kappa shape index (κ3) is 3.58. The van der Waals surface area contributed by atoms with Crippen molar-refractivity contribution in [1.29, 1.82) is 0 Å². The summed E-state index contributed by atoms with van der Waals surface area (Å²) in [4.78, 5) is 16.6. The van der Waals surface area contributed by atoms with Crippen molar-refractivity contribution in [2.24, 2.45) is 0 Å². The van der Waals surface area contributed by atoms with E-state index in [0.29, 0.717) is 11.9 Å². The molecular formula is C19H25N5O. The molecule has 0 aliphatic carbocycles. The van der Waals surface area contributed by atoms with Gasteiger partial charge in [0, 0.05) is 32.1 Å². The minimum Gasteiger partial charge on any atom is -0.341 e. The van der Waals surface area contributed by atoms with Gasteiger partial charge in [-0.15, -0.1) is 5.10 Å². The lowest BCUT2D eigenvalue weighted by molar-refractivity contribution is -0.128. The van der Waals surface area contributed by atoms with Gasteiger partial charge in [-0.3, -0.25) is 9.69 Å². The maximum atomic E-state index is 12.0. The van der Waals surface area contributed by atoms with E-state index in [-0.39, 0.29) is 0 Å². The number of carbonyl (C=O) groups is 1. The summed E-state index contributed by atoms with van der Waals surface area (Å²) in [5, 5.41) is 8.39. The van der Waals surface area contributed by atoms with Gasteiger partial charge in [0.05, 0.1) is 17.6 Å². The molecule has 0 bridgehead atoms. The highest BCUT2D eigenvalue weighted by molar-refractivity contribution is 5.78. The maximum Gasteiger partial charge on any atom is 0.222 e. The molecule has 6 heteroatoms. The molecular weight excluding hydrogens is 314 g/mol. The highest BCUT2D eigenvalue weighted by Crippen LogP contribution is 2.23. The lowest BCUT2D eigenvalue weighted by atomic mass is 10.0. The summed E-state index contributed by atoms with van der Waals surface area (Å²) in [5.41, 5.74) is 2.14. The summed E-state index contributed by atoms with van der Waals surface area (Å²) in [6.45, 7) is 3.69. The predicted molar refractivity (Wildman–Crippen MR) is 95.2 cm³/mol. The van der Waals surface area contributed by atoms with Crippen LogP contribution in [-0.4, -0.2) is 56.4 Å². The lowest BCUT2D eigenvalue weighted by Crippen LogP contribution is -2.46. The third-order valence-electron chi connectivity index (χ3n) is 5.34. The normalized spacial score (nSPS) is 21.8. The van der Waals surface area contributed by atoms with E-state index in [1.165, 1.54) is 12.8 Å². The number of aromatic nitrogens is 3. The van der Waals surface area contributed by atoms with Crippen LogP contribution in [0.3, 0.4) is 0 Å². The zero-order chi connectivity index (χ0) is 17.1. The smallest absolute Gasteiger partial charge is 0.222 e. The molecule has 4 rings (SSSR count). The van der Waals surface area contributed by atoms with Crippen molar-refractivity contribution in [3.8, 4) is 5.69 Å². The van der Waals surface area contributed by atoms with Crippen LogP contribution in [0.15, 0.2) is 36.5 Å². The van der Waals surface area contributed by atoms with Crippen LogP contribution in [-0.2, 0) is 11.3 Å². The van der Waals surface area contributed by atoms with Gasteiger partial charge in [0.1, 0.15) is 0 Å². The Balaban J connectivity index is 1.49. The molecule has 2 saturated heterocycles. The van der Waals surface area contributed by atoms with Gasteiger partial charge in [-0.25, -0.2) is 4.68 Å². The summed E-state index contributed by atoms with van der Waals surface area (Å²) in [6.07, 6.45) is 7.22. The average Bonchev–Trinajstić information content (AvgIpc) is 3.27. The summed E-state index contributed by atoms with van der Waals surface area (Å²) < 4.78 is 1.92. The molecule has 132 valence electrons. The monoisotopic (exact) mass is 339 g/mol. The van der Waals surface area contributed by atoms with Crippen LogP contribution in [0.5, 0.6) is 0 Å². The van der Waals surface area contributed by atoms with E-state index in [0.717, 1.165) is 56.8 Å².